The van der Waals surface area contributed by atoms with Crippen molar-refractivity contribution in [2.75, 3.05) is 26.3 Å². The fraction of sp³-hybridized carbons (Fsp3) is 0.588. The SMILES string of the molecule is CCN[C@H](C)CNC(=O)c1ccc(OCC2CCCO2)cc1. The molecule has 5 nitrogen and oxygen atoms in total. The molecule has 1 aliphatic heterocycles. The van der Waals surface area contributed by atoms with Crippen LogP contribution in [0.3, 0.4) is 0 Å². The summed E-state index contributed by atoms with van der Waals surface area (Å²) in [6.45, 7) is 7.02. The van der Waals surface area contributed by atoms with Crippen LogP contribution in [0.1, 0.15) is 37.0 Å². The van der Waals surface area contributed by atoms with E-state index >= 15 is 0 Å². The van der Waals surface area contributed by atoms with E-state index < -0.39 is 0 Å². The molecule has 1 fully saturated rings. The summed E-state index contributed by atoms with van der Waals surface area (Å²) in [4.78, 5) is 12.0. The van der Waals surface area contributed by atoms with E-state index in [0.717, 1.165) is 31.7 Å². The van der Waals surface area contributed by atoms with Crippen molar-refractivity contribution in [1.29, 1.82) is 0 Å². The van der Waals surface area contributed by atoms with E-state index in [1.807, 2.05) is 26.0 Å². The first-order chi connectivity index (χ1) is 10.7. The Morgan fingerprint density at radius 3 is 2.82 bits per heavy atom. The first-order valence-corrected chi connectivity index (χ1v) is 8.05. The predicted molar refractivity (Wildman–Crippen MR) is 86.4 cm³/mol. The van der Waals surface area contributed by atoms with Crippen molar-refractivity contribution in [1.82, 2.24) is 10.6 Å². The van der Waals surface area contributed by atoms with Crippen LogP contribution < -0.4 is 15.4 Å². The van der Waals surface area contributed by atoms with Gasteiger partial charge in [-0.3, -0.25) is 4.79 Å². The Hall–Kier alpha value is -1.59. The van der Waals surface area contributed by atoms with Gasteiger partial charge in [0.25, 0.3) is 5.91 Å². The summed E-state index contributed by atoms with van der Waals surface area (Å²) in [7, 11) is 0. The fourth-order valence-corrected chi connectivity index (χ4v) is 2.44. The van der Waals surface area contributed by atoms with Gasteiger partial charge in [0.1, 0.15) is 12.4 Å². The average molecular weight is 306 g/mol. The van der Waals surface area contributed by atoms with E-state index in [-0.39, 0.29) is 18.1 Å². The number of amides is 1. The monoisotopic (exact) mass is 306 g/mol. The van der Waals surface area contributed by atoms with Crippen molar-refractivity contribution in [2.45, 2.75) is 38.8 Å². The molecule has 0 bridgehead atoms. The lowest BCUT2D eigenvalue weighted by atomic mass is 10.2. The van der Waals surface area contributed by atoms with Crippen molar-refractivity contribution >= 4 is 5.91 Å². The third-order valence-electron chi connectivity index (χ3n) is 3.70. The molecule has 2 N–H and O–H groups in total. The number of nitrogens with one attached hydrogen (secondary N) is 2. The van der Waals surface area contributed by atoms with Crippen molar-refractivity contribution in [2.24, 2.45) is 0 Å². The molecule has 0 spiro atoms. The largest absolute Gasteiger partial charge is 0.491 e. The number of carbonyl (C=O) groups is 1. The number of ether oxygens (including phenoxy) is 2. The van der Waals surface area contributed by atoms with Crippen molar-refractivity contribution in [3.05, 3.63) is 29.8 Å². The second kappa shape index (κ2) is 8.76. The first-order valence-electron chi connectivity index (χ1n) is 8.05. The summed E-state index contributed by atoms with van der Waals surface area (Å²) < 4.78 is 11.2. The van der Waals surface area contributed by atoms with Gasteiger partial charge in [0.2, 0.25) is 0 Å². The topological polar surface area (TPSA) is 59.6 Å². The minimum Gasteiger partial charge on any atom is -0.491 e. The van der Waals surface area contributed by atoms with Crippen molar-refractivity contribution in [3.63, 3.8) is 0 Å². The van der Waals surface area contributed by atoms with Gasteiger partial charge in [0.15, 0.2) is 0 Å². The highest BCUT2D eigenvalue weighted by Crippen LogP contribution is 2.16. The second-order valence-corrected chi connectivity index (χ2v) is 5.64. The zero-order valence-electron chi connectivity index (χ0n) is 13.4. The summed E-state index contributed by atoms with van der Waals surface area (Å²) in [6, 6.07) is 7.51. The summed E-state index contributed by atoms with van der Waals surface area (Å²) in [5.74, 6) is 0.712. The highest BCUT2D eigenvalue weighted by molar-refractivity contribution is 5.94. The Kier molecular flexibility index (Phi) is 6.68. The number of hydrogen-bond donors (Lipinski definition) is 2. The normalized spacial score (nSPS) is 18.9. The third kappa shape index (κ3) is 5.31. The van der Waals surface area contributed by atoms with Gasteiger partial charge in [0.05, 0.1) is 6.10 Å². The lowest BCUT2D eigenvalue weighted by Crippen LogP contribution is -2.38. The number of hydrogen-bond acceptors (Lipinski definition) is 4. The molecule has 2 atom stereocenters. The maximum atomic E-state index is 12.0. The molecule has 0 aliphatic carbocycles. The lowest BCUT2D eigenvalue weighted by Gasteiger charge is -2.14. The van der Waals surface area contributed by atoms with Crippen LogP contribution in [0.15, 0.2) is 24.3 Å². The molecule has 22 heavy (non-hydrogen) atoms. The van der Waals surface area contributed by atoms with Crippen LogP contribution >= 0.6 is 0 Å². The van der Waals surface area contributed by atoms with E-state index in [9.17, 15) is 4.79 Å². The van der Waals surface area contributed by atoms with Gasteiger partial charge in [0, 0.05) is 24.8 Å². The minimum atomic E-state index is -0.0598. The van der Waals surface area contributed by atoms with E-state index in [1.54, 1.807) is 12.1 Å². The summed E-state index contributed by atoms with van der Waals surface area (Å²) in [6.07, 6.45) is 2.37. The first kappa shape index (κ1) is 16.8. The molecule has 2 rings (SSSR count). The molecule has 1 aromatic carbocycles. The van der Waals surface area contributed by atoms with Crippen LogP contribution in [0.2, 0.25) is 0 Å². The highest BCUT2D eigenvalue weighted by atomic mass is 16.5. The maximum absolute atomic E-state index is 12.0. The Morgan fingerprint density at radius 2 is 2.18 bits per heavy atom. The Balaban J connectivity index is 1.76. The number of likely N-dealkylation sites (N-methyl/N-ethyl adjacent to an activating group) is 1. The van der Waals surface area contributed by atoms with E-state index in [2.05, 4.69) is 10.6 Å². The zero-order chi connectivity index (χ0) is 15.8. The molecule has 1 amide bonds. The zero-order valence-corrected chi connectivity index (χ0v) is 13.4. The summed E-state index contributed by atoms with van der Waals surface area (Å²) in [5.41, 5.74) is 0.646. The molecule has 0 aromatic heterocycles. The molecule has 1 saturated heterocycles. The van der Waals surface area contributed by atoms with Gasteiger partial charge >= 0.3 is 0 Å². The molecule has 1 heterocycles. The van der Waals surface area contributed by atoms with Gasteiger partial charge in [-0.05, 0) is 50.6 Å². The average Bonchev–Trinajstić information content (AvgIpc) is 3.05. The highest BCUT2D eigenvalue weighted by Gasteiger charge is 2.16. The summed E-state index contributed by atoms with van der Waals surface area (Å²) in [5, 5.41) is 6.18. The predicted octanol–water partition coefficient (Wildman–Crippen LogP) is 1.97. The molecular weight excluding hydrogens is 280 g/mol. The Bertz CT molecular complexity index is 455. The smallest absolute Gasteiger partial charge is 0.251 e. The minimum absolute atomic E-state index is 0.0598. The second-order valence-electron chi connectivity index (χ2n) is 5.64. The molecule has 1 aromatic rings. The standard InChI is InChI=1S/C17H26N2O3/c1-3-18-13(2)11-19-17(20)14-6-8-15(9-7-14)22-12-16-5-4-10-21-16/h6-9,13,16,18H,3-5,10-12H2,1-2H3,(H,19,20)/t13-,16?/m1/s1. The van der Waals surface area contributed by atoms with E-state index in [1.165, 1.54) is 0 Å². The van der Waals surface area contributed by atoms with Crippen LogP contribution in [0.25, 0.3) is 0 Å². The third-order valence-corrected chi connectivity index (χ3v) is 3.70. The molecule has 1 aliphatic rings. The molecule has 1 unspecified atom stereocenters. The molecular formula is C17H26N2O3. The van der Waals surface area contributed by atoms with Crippen LogP contribution in [-0.4, -0.2) is 44.4 Å². The Labute approximate surface area is 132 Å². The number of benzene rings is 1. The van der Waals surface area contributed by atoms with Crippen LogP contribution in [0, 0.1) is 0 Å². The molecule has 0 radical (unpaired) electrons. The van der Waals surface area contributed by atoms with E-state index in [4.69, 9.17) is 9.47 Å². The quantitative estimate of drug-likeness (QED) is 0.771. The fourth-order valence-electron chi connectivity index (χ4n) is 2.44. The van der Waals surface area contributed by atoms with E-state index in [0.29, 0.717) is 18.7 Å². The van der Waals surface area contributed by atoms with Crippen molar-refractivity contribution in [3.8, 4) is 5.75 Å². The van der Waals surface area contributed by atoms with Crippen molar-refractivity contribution < 1.29 is 14.3 Å². The number of rotatable bonds is 8. The molecule has 122 valence electrons. The number of carbonyl (C=O) groups excluding carboxylic acids is 1. The van der Waals surface area contributed by atoms with Crippen LogP contribution in [0.4, 0.5) is 0 Å². The van der Waals surface area contributed by atoms with Gasteiger partial charge < -0.3 is 20.1 Å². The summed E-state index contributed by atoms with van der Waals surface area (Å²) >= 11 is 0. The Morgan fingerprint density at radius 1 is 1.41 bits per heavy atom. The molecule has 5 heteroatoms. The molecule has 0 saturated carbocycles. The van der Waals surface area contributed by atoms with Crippen LogP contribution in [-0.2, 0) is 4.74 Å². The van der Waals surface area contributed by atoms with Gasteiger partial charge in [-0.2, -0.15) is 0 Å². The maximum Gasteiger partial charge on any atom is 0.251 e. The lowest BCUT2D eigenvalue weighted by molar-refractivity contribution is 0.0679. The van der Waals surface area contributed by atoms with Gasteiger partial charge in [-0.25, -0.2) is 0 Å². The van der Waals surface area contributed by atoms with Crippen LogP contribution in [0.5, 0.6) is 5.75 Å². The van der Waals surface area contributed by atoms with Gasteiger partial charge in [-0.1, -0.05) is 6.92 Å². The van der Waals surface area contributed by atoms with Gasteiger partial charge in [-0.15, -0.1) is 0 Å².